The minimum Gasteiger partial charge on any atom is -0.492 e. The molecule has 0 aliphatic heterocycles. The largest absolute Gasteiger partial charge is 0.492 e. The van der Waals surface area contributed by atoms with Crippen LogP contribution in [-0.2, 0) is 32.6 Å². The molecule has 1 N–H and O–H groups in total. The van der Waals surface area contributed by atoms with Crippen LogP contribution < -0.4 is 14.4 Å². The number of para-hydroxylation sites is 2. The van der Waals surface area contributed by atoms with Crippen molar-refractivity contribution in [2.45, 2.75) is 39.3 Å². The van der Waals surface area contributed by atoms with Gasteiger partial charge < -0.3 is 15.0 Å². The number of carbonyl (C=O) groups excluding carboxylic acids is 2. The van der Waals surface area contributed by atoms with Gasteiger partial charge in [0.25, 0.3) is 0 Å². The lowest BCUT2D eigenvalue weighted by molar-refractivity contribution is -0.140. The van der Waals surface area contributed by atoms with Crippen molar-refractivity contribution in [3.63, 3.8) is 0 Å². The molecule has 0 fully saturated rings. The summed E-state index contributed by atoms with van der Waals surface area (Å²) in [6.07, 6.45) is 2.00. The molecule has 1 unspecified atom stereocenters. The van der Waals surface area contributed by atoms with Crippen molar-refractivity contribution in [3.05, 3.63) is 95.0 Å². The molecule has 3 aromatic carbocycles. The van der Waals surface area contributed by atoms with E-state index in [1.807, 2.05) is 37.3 Å². The molecule has 3 rings (SSSR count). The zero-order chi connectivity index (χ0) is 29.1. The lowest BCUT2D eigenvalue weighted by Crippen LogP contribution is -2.53. The van der Waals surface area contributed by atoms with Crippen molar-refractivity contribution >= 4 is 39.1 Å². The van der Waals surface area contributed by atoms with Gasteiger partial charge in [0.15, 0.2) is 0 Å². The van der Waals surface area contributed by atoms with Crippen LogP contribution in [0.5, 0.6) is 5.75 Å². The smallest absolute Gasteiger partial charge is 0.244 e. The fraction of sp³-hybridized carbons (Fsp3) is 0.333. The second kappa shape index (κ2) is 14.7. The number of nitrogens with one attached hydrogen (secondary N) is 1. The van der Waals surface area contributed by atoms with Gasteiger partial charge >= 0.3 is 0 Å². The summed E-state index contributed by atoms with van der Waals surface area (Å²) in [5.74, 6) is -0.543. The van der Waals surface area contributed by atoms with Gasteiger partial charge in [-0.05, 0) is 42.7 Å². The van der Waals surface area contributed by atoms with E-state index in [-0.39, 0.29) is 24.6 Å². The van der Waals surface area contributed by atoms with E-state index in [0.717, 1.165) is 22.5 Å². The third kappa shape index (κ3) is 8.47. The summed E-state index contributed by atoms with van der Waals surface area (Å²) in [6, 6.07) is 22.2. The summed E-state index contributed by atoms with van der Waals surface area (Å²) in [5, 5.41) is 3.35. The molecule has 10 heteroatoms. The Balaban J connectivity index is 2.08. The maximum atomic E-state index is 14.1. The predicted octanol–water partition coefficient (Wildman–Crippen LogP) is 4.67. The Morgan fingerprint density at radius 3 is 2.25 bits per heavy atom. The van der Waals surface area contributed by atoms with E-state index in [1.165, 1.54) is 4.90 Å². The first-order valence-corrected chi connectivity index (χ1v) is 15.4. The third-order valence-electron chi connectivity index (χ3n) is 6.23. The molecule has 2 amide bonds. The number of hydrogen-bond acceptors (Lipinski definition) is 5. The maximum Gasteiger partial charge on any atom is 0.244 e. The molecular formula is C30H36ClN3O5S. The predicted molar refractivity (Wildman–Crippen MR) is 159 cm³/mol. The van der Waals surface area contributed by atoms with Crippen LogP contribution in [0.15, 0.2) is 78.9 Å². The topological polar surface area (TPSA) is 96.0 Å². The molecule has 0 saturated heterocycles. The molecular weight excluding hydrogens is 550 g/mol. The van der Waals surface area contributed by atoms with Gasteiger partial charge in [0.2, 0.25) is 21.8 Å². The van der Waals surface area contributed by atoms with Crippen molar-refractivity contribution in [1.82, 2.24) is 10.2 Å². The Morgan fingerprint density at radius 1 is 0.950 bits per heavy atom. The summed E-state index contributed by atoms with van der Waals surface area (Å²) in [7, 11) is -3.91. The number of halogens is 1. The summed E-state index contributed by atoms with van der Waals surface area (Å²) in [4.78, 5) is 29.1. The van der Waals surface area contributed by atoms with E-state index in [4.69, 9.17) is 16.3 Å². The third-order valence-corrected chi connectivity index (χ3v) is 7.73. The zero-order valence-corrected chi connectivity index (χ0v) is 24.6. The number of amides is 2. The number of nitrogens with zero attached hydrogens (tertiary/aromatic N) is 2. The van der Waals surface area contributed by atoms with Gasteiger partial charge in [0, 0.05) is 24.5 Å². The first kappa shape index (κ1) is 31.0. The molecule has 0 bridgehead atoms. The van der Waals surface area contributed by atoms with E-state index in [1.54, 1.807) is 55.5 Å². The highest BCUT2D eigenvalue weighted by Gasteiger charge is 2.33. The summed E-state index contributed by atoms with van der Waals surface area (Å²) in [6.45, 7) is 3.98. The average Bonchev–Trinajstić information content (AvgIpc) is 2.93. The van der Waals surface area contributed by atoms with E-state index >= 15 is 0 Å². The normalized spacial score (nSPS) is 11.9. The van der Waals surface area contributed by atoms with Crippen LogP contribution in [0, 0.1) is 0 Å². The first-order valence-electron chi connectivity index (χ1n) is 13.2. The highest BCUT2D eigenvalue weighted by molar-refractivity contribution is 7.92. The number of benzene rings is 3. The van der Waals surface area contributed by atoms with Crippen molar-refractivity contribution in [2.24, 2.45) is 0 Å². The highest BCUT2D eigenvalue weighted by Crippen LogP contribution is 2.30. The molecule has 40 heavy (non-hydrogen) atoms. The number of carbonyl (C=O) groups is 2. The molecule has 8 nitrogen and oxygen atoms in total. The Bertz CT molecular complexity index is 1380. The lowest BCUT2D eigenvalue weighted by atomic mass is 10.0. The van der Waals surface area contributed by atoms with Crippen molar-refractivity contribution in [1.29, 1.82) is 0 Å². The van der Waals surface area contributed by atoms with E-state index in [0.29, 0.717) is 29.5 Å². The van der Waals surface area contributed by atoms with Gasteiger partial charge in [-0.1, -0.05) is 79.2 Å². The van der Waals surface area contributed by atoms with E-state index in [2.05, 4.69) is 5.32 Å². The fourth-order valence-corrected chi connectivity index (χ4v) is 5.31. The van der Waals surface area contributed by atoms with Gasteiger partial charge in [-0.2, -0.15) is 0 Å². The van der Waals surface area contributed by atoms with Gasteiger partial charge in [-0.15, -0.1) is 0 Å². The van der Waals surface area contributed by atoms with Gasteiger partial charge in [0.1, 0.15) is 18.3 Å². The standard InChI is InChI=1S/C30H36ClN3O5S/c1-4-19-32-30(36)27(20-23-13-7-6-8-14-23)33(21-24-15-9-10-16-25(24)31)29(35)22-34(40(3,37)38)26-17-11-12-18-28(26)39-5-2/h6-18,27H,4-5,19-22H2,1-3H3,(H,32,36). The molecule has 0 aliphatic carbocycles. The Morgan fingerprint density at radius 2 is 1.60 bits per heavy atom. The van der Waals surface area contributed by atoms with Crippen molar-refractivity contribution in [2.75, 3.05) is 30.3 Å². The van der Waals surface area contributed by atoms with E-state index < -0.39 is 28.5 Å². The number of sulfonamides is 1. The fourth-order valence-electron chi connectivity index (χ4n) is 4.27. The first-order chi connectivity index (χ1) is 19.2. The number of hydrogen-bond donors (Lipinski definition) is 1. The molecule has 3 aromatic rings. The van der Waals surface area contributed by atoms with Crippen LogP contribution in [0.1, 0.15) is 31.4 Å². The number of ether oxygens (including phenoxy) is 1. The van der Waals surface area contributed by atoms with Gasteiger partial charge in [-0.3, -0.25) is 13.9 Å². The molecule has 0 aliphatic rings. The number of rotatable bonds is 14. The second-order valence-corrected chi connectivity index (χ2v) is 11.6. The Kier molecular flexibility index (Phi) is 11.4. The SMILES string of the molecule is CCCNC(=O)C(Cc1ccccc1)N(Cc1ccccc1Cl)C(=O)CN(c1ccccc1OCC)S(C)(=O)=O. The summed E-state index contributed by atoms with van der Waals surface area (Å²) < 4.78 is 32.7. The van der Waals surface area contributed by atoms with Crippen molar-refractivity contribution in [3.8, 4) is 5.75 Å². The van der Waals surface area contributed by atoms with Crippen LogP contribution in [-0.4, -0.2) is 57.1 Å². The maximum absolute atomic E-state index is 14.1. The Labute approximate surface area is 241 Å². The highest BCUT2D eigenvalue weighted by atomic mass is 35.5. The monoisotopic (exact) mass is 585 g/mol. The molecule has 0 radical (unpaired) electrons. The minimum atomic E-state index is -3.91. The quantitative estimate of drug-likeness (QED) is 0.297. The van der Waals surface area contributed by atoms with Crippen molar-refractivity contribution < 1.29 is 22.7 Å². The molecule has 0 spiro atoms. The van der Waals surface area contributed by atoms with Crippen LogP contribution in [0.2, 0.25) is 5.02 Å². The molecule has 0 saturated carbocycles. The molecule has 0 aromatic heterocycles. The van der Waals surface area contributed by atoms with Crippen LogP contribution in [0.4, 0.5) is 5.69 Å². The summed E-state index contributed by atoms with van der Waals surface area (Å²) >= 11 is 6.47. The van der Waals surface area contributed by atoms with Gasteiger partial charge in [0.05, 0.1) is 18.6 Å². The minimum absolute atomic E-state index is 0.0141. The second-order valence-electron chi connectivity index (χ2n) is 9.28. The average molecular weight is 586 g/mol. The van der Waals surface area contributed by atoms with Crippen LogP contribution in [0.25, 0.3) is 0 Å². The summed E-state index contributed by atoms with van der Waals surface area (Å²) in [5.41, 5.74) is 1.74. The molecule has 214 valence electrons. The van der Waals surface area contributed by atoms with Gasteiger partial charge in [-0.25, -0.2) is 8.42 Å². The molecule has 1 atom stereocenters. The molecule has 0 heterocycles. The zero-order valence-electron chi connectivity index (χ0n) is 23.0. The van der Waals surface area contributed by atoms with Crippen LogP contribution in [0.3, 0.4) is 0 Å². The van der Waals surface area contributed by atoms with E-state index in [9.17, 15) is 18.0 Å². The Hall–Kier alpha value is -3.56. The number of anilines is 1. The lowest BCUT2D eigenvalue weighted by Gasteiger charge is -2.34. The van der Waals surface area contributed by atoms with Crippen LogP contribution >= 0.6 is 11.6 Å².